The zero-order valence-corrected chi connectivity index (χ0v) is 16.2. The quantitative estimate of drug-likeness (QED) is 0.754. The molecule has 0 unspecified atom stereocenters. The van der Waals surface area contributed by atoms with Gasteiger partial charge in [0.25, 0.3) is 11.8 Å². The molecule has 4 nitrogen and oxygen atoms in total. The van der Waals surface area contributed by atoms with Crippen LogP contribution in [0.15, 0.2) is 47.4 Å². The molecule has 1 aliphatic heterocycles. The maximum atomic E-state index is 12.9. The number of halogens is 1. The van der Waals surface area contributed by atoms with Crippen LogP contribution < -0.4 is 5.32 Å². The molecule has 0 spiro atoms. The Bertz CT molecular complexity index is 819. The van der Waals surface area contributed by atoms with Gasteiger partial charge in [-0.15, -0.1) is 11.8 Å². The Kier molecular flexibility index (Phi) is 6.22. The summed E-state index contributed by atoms with van der Waals surface area (Å²) in [5.74, 6) is -0.352. The molecule has 0 radical (unpaired) electrons. The van der Waals surface area contributed by atoms with E-state index in [1.165, 1.54) is 0 Å². The maximum absolute atomic E-state index is 12.9. The lowest BCUT2D eigenvalue weighted by atomic mass is 10.1. The summed E-state index contributed by atoms with van der Waals surface area (Å²) in [6, 6.07) is 12.5. The lowest BCUT2D eigenvalue weighted by Gasteiger charge is -2.27. The Hall–Kier alpha value is -1.98. The molecule has 136 valence electrons. The minimum Gasteiger partial charge on any atom is -0.339 e. The van der Waals surface area contributed by atoms with Crippen molar-refractivity contribution in [3.63, 3.8) is 0 Å². The van der Waals surface area contributed by atoms with Gasteiger partial charge in [-0.25, -0.2) is 0 Å². The first-order valence-corrected chi connectivity index (χ1v) is 10.2. The van der Waals surface area contributed by atoms with Gasteiger partial charge in [-0.3, -0.25) is 9.59 Å². The topological polar surface area (TPSA) is 49.4 Å². The van der Waals surface area contributed by atoms with Crippen LogP contribution in [0.25, 0.3) is 0 Å². The third-order valence-electron chi connectivity index (χ3n) is 4.47. The van der Waals surface area contributed by atoms with E-state index < -0.39 is 0 Å². The fourth-order valence-corrected chi connectivity index (χ4v) is 3.68. The van der Waals surface area contributed by atoms with Gasteiger partial charge in [0.1, 0.15) is 0 Å². The van der Waals surface area contributed by atoms with Gasteiger partial charge in [-0.2, -0.15) is 0 Å². The summed E-state index contributed by atoms with van der Waals surface area (Å²) in [4.78, 5) is 28.4. The van der Waals surface area contributed by atoms with E-state index >= 15 is 0 Å². The van der Waals surface area contributed by atoms with Crippen molar-refractivity contribution in [2.75, 3.05) is 24.7 Å². The number of anilines is 1. The zero-order valence-electron chi connectivity index (χ0n) is 14.6. The molecule has 1 aliphatic rings. The molecule has 0 saturated carbocycles. The molecule has 2 aromatic rings. The second-order valence-corrected chi connectivity index (χ2v) is 7.49. The monoisotopic (exact) mass is 388 g/mol. The first-order chi connectivity index (χ1) is 12.6. The largest absolute Gasteiger partial charge is 0.339 e. The number of thioether (sulfide) groups is 1. The van der Waals surface area contributed by atoms with Gasteiger partial charge >= 0.3 is 0 Å². The molecule has 1 fully saturated rings. The number of carbonyl (C=O) groups is 2. The van der Waals surface area contributed by atoms with Gasteiger partial charge in [-0.05, 0) is 55.9 Å². The third-order valence-corrected chi connectivity index (χ3v) is 5.52. The summed E-state index contributed by atoms with van der Waals surface area (Å²) in [7, 11) is 0. The molecule has 1 heterocycles. The van der Waals surface area contributed by atoms with E-state index in [9.17, 15) is 9.59 Å². The van der Waals surface area contributed by atoms with Crippen LogP contribution in [0.3, 0.4) is 0 Å². The maximum Gasteiger partial charge on any atom is 0.257 e. The van der Waals surface area contributed by atoms with Crippen LogP contribution in [0, 0.1) is 0 Å². The van der Waals surface area contributed by atoms with Gasteiger partial charge in [0, 0.05) is 18.0 Å². The third kappa shape index (κ3) is 4.22. The highest BCUT2D eigenvalue weighted by molar-refractivity contribution is 7.98. The van der Waals surface area contributed by atoms with E-state index in [1.807, 2.05) is 29.4 Å². The highest BCUT2D eigenvalue weighted by Gasteiger charge is 2.22. The van der Waals surface area contributed by atoms with Gasteiger partial charge in [-0.1, -0.05) is 23.7 Å². The van der Waals surface area contributed by atoms with Gasteiger partial charge in [0.2, 0.25) is 0 Å². The Morgan fingerprint density at radius 2 is 1.77 bits per heavy atom. The summed E-state index contributed by atoms with van der Waals surface area (Å²) < 4.78 is 0. The van der Waals surface area contributed by atoms with Crippen molar-refractivity contribution >= 4 is 40.9 Å². The standard InChI is InChI=1S/C20H21ClN2O2S/c1-26-14-9-10-17(21)16(13-14)19(24)22-18-8-4-3-7-15(18)20(25)23-11-5-2-6-12-23/h3-4,7-10,13H,2,5-6,11-12H2,1H3,(H,22,24). The molecule has 0 bridgehead atoms. The molecule has 0 atom stereocenters. The number of nitrogens with zero attached hydrogens (tertiary/aromatic N) is 1. The average molecular weight is 389 g/mol. The van der Waals surface area contributed by atoms with Crippen molar-refractivity contribution < 1.29 is 9.59 Å². The van der Waals surface area contributed by atoms with E-state index in [0.717, 1.165) is 37.2 Å². The van der Waals surface area contributed by atoms with Crippen LogP contribution >= 0.6 is 23.4 Å². The molecule has 0 aliphatic carbocycles. The molecular formula is C20H21ClN2O2S. The van der Waals surface area contributed by atoms with Gasteiger partial charge in [0.15, 0.2) is 0 Å². The first-order valence-electron chi connectivity index (χ1n) is 8.63. The summed E-state index contributed by atoms with van der Waals surface area (Å²) in [5, 5.41) is 3.25. The summed E-state index contributed by atoms with van der Waals surface area (Å²) in [6.07, 6.45) is 5.15. The number of rotatable bonds is 4. The van der Waals surface area contributed by atoms with E-state index in [2.05, 4.69) is 5.32 Å². The number of benzene rings is 2. The van der Waals surface area contributed by atoms with Crippen LogP contribution in [0.4, 0.5) is 5.69 Å². The highest BCUT2D eigenvalue weighted by Crippen LogP contribution is 2.25. The summed E-state index contributed by atoms with van der Waals surface area (Å²) in [6.45, 7) is 1.53. The number of carbonyl (C=O) groups excluding carboxylic acids is 2. The number of para-hydroxylation sites is 1. The predicted molar refractivity (Wildman–Crippen MR) is 107 cm³/mol. The van der Waals surface area contributed by atoms with Crippen molar-refractivity contribution in [1.29, 1.82) is 0 Å². The Morgan fingerprint density at radius 1 is 1.04 bits per heavy atom. The molecule has 1 saturated heterocycles. The van der Waals surface area contributed by atoms with Crippen LogP contribution in [0.1, 0.15) is 40.0 Å². The summed E-state index contributed by atoms with van der Waals surface area (Å²) in [5.41, 5.74) is 1.43. The fourth-order valence-electron chi connectivity index (χ4n) is 3.04. The SMILES string of the molecule is CSc1ccc(Cl)c(C(=O)Nc2ccccc2C(=O)N2CCCCC2)c1. The predicted octanol–water partition coefficient (Wildman–Crippen LogP) is 4.94. The smallest absolute Gasteiger partial charge is 0.257 e. The van der Waals surface area contributed by atoms with Crippen molar-refractivity contribution in [2.24, 2.45) is 0 Å². The number of hydrogen-bond acceptors (Lipinski definition) is 3. The molecule has 2 aromatic carbocycles. The van der Waals surface area contributed by atoms with Crippen LogP contribution in [0.5, 0.6) is 0 Å². The Labute approximate surface area is 162 Å². The number of likely N-dealkylation sites (tertiary alicyclic amines) is 1. The minimum absolute atomic E-state index is 0.0374. The van der Waals surface area contributed by atoms with Crippen molar-refractivity contribution in [3.05, 3.63) is 58.6 Å². The lowest BCUT2D eigenvalue weighted by molar-refractivity contribution is 0.0725. The second kappa shape index (κ2) is 8.60. The summed E-state index contributed by atoms with van der Waals surface area (Å²) >= 11 is 7.74. The van der Waals surface area contributed by atoms with E-state index in [4.69, 9.17) is 11.6 Å². The second-order valence-electron chi connectivity index (χ2n) is 6.20. The molecule has 0 aromatic heterocycles. The molecule has 26 heavy (non-hydrogen) atoms. The van der Waals surface area contributed by atoms with E-state index in [1.54, 1.807) is 36.0 Å². The number of piperidine rings is 1. The van der Waals surface area contributed by atoms with Crippen LogP contribution in [0.2, 0.25) is 5.02 Å². The average Bonchev–Trinajstić information content (AvgIpc) is 2.69. The normalized spacial score (nSPS) is 14.2. The van der Waals surface area contributed by atoms with Crippen molar-refractivity contribution in [2.45, 2.75) is 24.2 Å². The number of amides is 2. The van der Waals surface area contributed by atoms with Crippen LogP contribution in [-0.4, -0.2) is 36.1 Å². The van der Waals surface area contributed by atoms with E-state index in [-0.39, 0.29) is 11.8 Å². The molecule has 2 amide bonds. The highest BCUT2D eigenvalue weighted by atomic mass is 35.5. The van der Waals surface area contributed by atoms with Crippen LogP contribution in [-0.2, 0) is 0 Å². The van der Waals surface area contributed by atoms with Crippen molar-refractivity contribution in [1.82, 2.24) is 4.90 Å². The molecule has 3 rings (SSSR count). The molecule has 1 N–H and O–H groups in total. The number of nitrogens with one attached hydrogen (secondary N) is 1. The zero-order chi connectivity index (χ0) is 18.5. The Balaban J connectivity index is 1.84. The first kappa shape index (κ1) is 18.8. The van der Waals surface area contributed by atoms with Gasteiger partial charge in [0.05, 0.1) is 21.8 Å². The molecule has 6 heteroatoms. The lowest BCUT2D eigenvalue weighted by Crippen LogP contribution is -2.36. The number of hydrogen-bond donors (Lipinski definition) is 1. The molecular weight excluding hydrogens is 368 g/mol. The fraction of sp³-hybridized carbons (Fsp3) is 0.300. The van der Waals surface area contributed by atoms with E-state index in [0.29, 0.717) is 21.8 Å². The minimum atomic E-state index is -0.315. The van der Waals surface area contributed by atoms with Gasteiger partial charge < -0.3 is 10.2 Å². The Morgan fingerprint density at radius 3 is 2.50 bits per heavy atom. The van der Waals surface area contributed by atoms with Crippen molar-refractivity contribution in [3.8, 4) is 0 Å².